The summed E-state index contributed by atoms with van der Waals surface area (Å²) < 4.78 is 0. The molecule has 3 amide bonds. The first-order valence-corrected chi connectivity index (χ1v) is 10.5. The molecule has 0 fully saturated rings. The van der Waals surface area contributed by atoms with Gasteiger partial charge in [0.15, 0.2) is 17.5 Å². The van der Waals surface area contributed by atoms with Crippen molar-refractivity contribution in [2.24, 2.45) is 0 Å². The minimum atomic E-state index is -1.32. The summed E-state index contributed by atoms with van der Waals surface area (Å²) in [5.74, 6) is -7.07. The Morgan fingerprint density at radius 2 is 0.744 bits per heavy atom. The monoisotopic (exact) mass is 537 g/mol. The van der Waals surface area contributed by atoms with Gasteiger partial charge in [0.2, 0.25) is 0 Å². The lowest BCUT2D eigenvalue weighted by molar-refractivity contribution is 0.0679. The number of carboxylic acid groups (broad SMARTS) is 3. The number of carbonyl (C=O) groups is 6. The van der Waals surface area contributed by atoms with Gasteiger partial charge in [-0.05, 0) is 18.2 Å². The van der Waals surface area contributed by atoms with Crippen molar-refractivity contribution in [3.05, 3.63) is 70.2 Å². The number of hydrogen-bond donors (Lipinski definition) is 9. The van der Waals surface area contributed by atoms with Gasteiger partial charge in [0.1, 0.15) is 17.1 Å². The van der Waals surface area contributed by atoms with Crippen LogP contribution in [0.5, 0.6) is 0 Å². The van der Waals surface area contributed by atoms with Crippen molar-refractivity contribution < 1.29 is 44.1 Å². The second-order valence-electron chi connectivity index (χ2n) is 7.58. The van der Waals surface area contributed by atoms with E-state index < -0.39 is 35.6 Å². The topological polar surface area (TPSA) is 285 Å². The van der Waals surface area contributed by atoms with Crippen LogP contribution in [0.4, 0.5) is 17.5 Å². The van der Waals surface area contributed by atoms with Crippen molar-refractivity contribution in [2.45, 2.75) is 0 Å². The Labute approximate surface area is 214 Å². The Morgan fingerprint density at radius 1 is 0.487 bits per heavy atom. The zero-order valence-electron chi connectivity index (χ0n) is 19.1. The molecule has 0 spiro atoms. The largest absolute Gasteiger partial charge is 0.477 e. The number of aromatic nitrogens is 6. The number of amides is 3. The van der Waals surface area contributed by atoms with Crippen LogP contribution in [0.3, 0.4) is 0 Å². The molecule has 3 heterocycles. The van der Waals surface area contributed by atoms with E-state index in [2.05, 4.69) is 46.5 Å². The SMILES string of the molecule is O=C(Nc1cc(C(=O)O)[nH]n1)c1cc(C(=O)Nc2cc(C(=O)O)[nH]n2)cc(C(=O)Nc2cc(C(=O)O)[nH]n2)c1. The highest BCUT2D eigenvalue weighted by molar-refractivity contribution is 6.12. The molecule has 0 aliphatic rings. The number of nitrogens with one attached hydrogen (secondary N) is 6. The fourth-order valence-corrected chi connectivity index (χ4v) is 3.07. The van der Waals surface area contributed by atoms with Crippen LogP contribution in [-0.2, 0) is 0 Å². The highest BCUT2D eigenvalue weighted by Gasteiger charge is 2.20. The van der Waals surface area contributed by atoms with Gasteiger partial charge in [-0.15, -0.1) is 0 Å². The van der Waals surface area contributed by atoms with Gasteiger partial charge in [0.05, 0.1) is 0 Å². The molecule has 9 N–H and O–H groups in total. The minimum absolute atomic E-state index is 0.159. The van der Waals surface area contributed by atoms with E-state index in [0.29, 0.717) is 0 Å². The number of carboxylic acids is 3. The van der Waals surface area contributed by atoms with Gasteiger partial charge in [-0.25, -0.2) is 14.4 Å². The first-order valence-electron chi connectivity index (χ1n) is 10.5. The van der Waals surface area contributed by atoms with Crippen molar-refractivity contribution in [1.29, 1.82) is 0 Å². The molecule has 0 saturated heterocycles. The Morgan fingerprint density at radius 3 is 0.949 bits per heavy atom. The highest BCUT2D eigenvalue weighted by atomic mass is 16.4. The summed E-state index contributed by atoms with van der Waals surface area (Å²) in [5.41, 5.74) is -1.61. The average molecular weight is 537 g/mol. The fourth-order valence-electron chi connectivity index (χ4n) is 3.07. The Kier molecular flexibility index (Phi) is 6.83. The quantitative estimate of drug-likeness (QED) is 0.143. The van der Waals surface area contributed by atoms with E-state index in [0.717, 1.165) is 36.4 Å². The molecule has 0 unspecified atom stereocenters. The summed E-state index contributed by atoms with van der Waals surface area (Å²) in [5, 5.41) is 51.5. The molecule has 0 saturated carbocycles. The summed E-state index contributed by atoms with van der Waals surface area (Å²) in [4.78, 5) is 71.7. The lowest BCUT2D eigenvalue weighted by Gasteiger charge is -2.09. The van der Waals surface area contributed by atoms with Crippen LogP contribution in [0.2, 0.25) is 0 Å². The summed E-state index contributed by atoms with van der Waals surface area (Å²) in [6.45, 7) is 0. The second kappa shape index (κ2) is 10.3. The average Bonchev–Trinajstić information content (AvgIpc) is 3.65. The van der Waals surface area contributed by atoms with Crippen molar-refractivity contribution >= 4 is 53.1 Å². The number of H-pyrrole nitrogens is 3. The van der Waals surface area contributed by atoms with Crippen LogP contribution >= 0.6 is 0 Å². The summed E-state index contributed by atoms with van der Waals surface area (Å²) in [6, 6.07) is 6.44. The lowest BCUT2D eigenvalue weighted by atomic mass is 10.0. The number of hydrogen-bond acceptors (Lipinski definition) is 9. The summed E-state index contributed by atoms with van der Waals surface area (Å²) in [7, 11) is 0. The maximum Gasteiger partial charge on any atom is 0.353 e. The molecule has 18 heteroatoms. The van der Waals surface area contributed by atoms with Gasteiger partial charge < -0.3 is 31.3 Å². The number of benzene rings is 1. The molecule has 0 aliphatic carbocycles. The summed E-state index contributed by atoms with van der Waals surface area (Å²) in [6.07, 6.45) is 0. The number of aromatic amines is 3. The van der Waals surface area contributed by atoms with Crippen molar-refractivity contribution in [2.75, 3.05) is 16.0 Å². The maximum absolute atomic E-state index is 12.9. The van der Waals surface area contributed by atoms with E-state index in [1.54, 1.807) is 0 Å². The van der Waals surface area contributed by atoms with E-state index in [1.165, 1.54) is 0 Å². The number of aromatic carboxylic acids is 3. The molecule has 198 valence electrons. The lowest BCUT2D eigenvalue weighted by Crippen LogP contribution is -2.19. The number of anilines is 3. The summed E-state index contributed by atoms with van der Waals surface area (Å²) >= 11 is 0. The van der Waals surface area contributed by atoms with E-state index >= 15 is 0 Å². The number of carbonyl (C=O) groups excluding carboxylic acids is 3. The molecular weight excluding hydrogens is 522 g/mol. The van der Waals surface area contributed by atoms with E-state index in [1.807, 2.05) is 0 Å². The zero-order chi connectivity index (χ0) is 28.3. The van der Waals surface area contributed by atoms with Gasteiger partial charge in [-0.3, -0.25) is 29.7 Å². The first-order chi connectivity index (χ1) is 18.5. The molecule has 3 aromatic heterocycles. The molecule has 39 heavy (non-hydrogen) atoms. The van der Waals surface area contributed by atoms with E-state index in [4.69, 9.17) is 15.3 Å². The van der Waals surface area contributed by atoms with Crippen LogP contribution in [0.15, 0.2) is 36.4 Å². The number of nitrogens with zero attached hydrogens (tertiary/aromatic N) is 3. The Hall–Kier alpha value is -6.33. The van der Waals surface area contributed by atoms with Crippen molar-refractivity contribution in [3.8, 4) is 0 Å². The number of rotatable bonds is 9. The third-order valence-electron chi connectivity index (χ3n) is 4.87. The second-order valence-corrected chi connectivity index (χ2v) is 7.58. The molecule has 0 bridgehead atoms. The maximum atomic E-state index is 12.9. The van der Waals surface area contributed by atoms with Crippen LogP contribution in [0.1, 0.15) is 62.5 Å². The van der Waals surface area contributed by atoms with Gasteiger partial charge in [0, 0.05) is 34.9 Å². The fraction of sp³-hybridized carbons (Fsp3) is 0. The Bertz CT molecular complexity index is 1450. The molecule has 18 nitrogen and oxygen atoms in total. The molecule has 4 rings (SSSR count). The molecule has 1 aromatic carbocycles. The minimum Gasteiger partial charge on any atom is -0.477 e. The van der Waals surface area contributed by atoms with Crippen LogP contribution < -0.4 is 16.0 Å². The first kappa shape index (κ1) is 25.8. The Balaban J connectivity index is 1.64. The highest BCUT2D eigenvalue weighted by Crippen LogP contribution is 2.17. The molecule has 0 atom stereocenters. The van der Waals surface area contributed by atoms with Crippen LogP contribution in [0, 0.1) is 0 Å². The van der Waals surface area contributed by atoms with Crippen LogP contribution in [-0.4, -0.2) is 81.5 Å². The van der Waals surface area contributed by atoms with Gasteiger partial charge in [-0.2, -0.15) is 15.3 Å². The smallest absolute Gasteiger partial charge is 0.353 e. The third-order valence-corrected chi connectivity index (χ3v) is 4.87. The van der Waals surface area contributed by atoms with Crippen LogP contribution in [0.25, 0.3) is 0 Å². The predicted molar refractivity (Wildman–Crippen MR) is 127 cm³/mol. The molecule has 0 aliphatic heterocycles. The molecule has 0 radical (unpaired) electrons. The predicted octanol–water partition coefficient (Wildman–Crippen LogP) is 0.707. The van der Waals surface area contributed by atoms with Gasteiger partial charge in [0.25, 0.3) is 17.7 Å². The van der Waals surface area contributed by atoms with E-state index in [-0.39, 0.29) is 51.2 Å². The van der Waals surface area contributed by atoms with E-state index in [9.17, 15) is 28.8 Å². The normalized spacial score (nSPS) is 10.5. The van der Waals surface area contributed by atoms with Gasteiger partial charge in [-0.1, -0.05) is 0 Å². The van der Waals surface area contributed by atoms with Crippen molar-refractivity contribution in [3.63, 3.8) is 0 Å². The molecule has 4 aromatic rings. The zero-order valence-corrected chi connectivity index (χ0v) is 19.1. The molecular formula is C21H15N9O9. The van der Waals surface area contributed by atoms with Gasteiger partial charge >= 0.3 is 17.9 Å². The van der Waals surface area contributed by atoms with Crippen molar-refractivity contribution in [1.82, 2.24) is 30.6 Å². The third kappa shape index (κ3) is 5.91. The standard InChI is InChI=1S/C21H15N9O9/c31-16(22-13-4-10(19(34)35)25-28-13)7-1-8(17(32)23-14-5-11(20(36)37)26-29-14)3-9(2-7)18(33)24-15-6-12(21(38)39)27-30-15/h1-6H,(H,34,35)(H,36,37)(H,38,39)(H2,22,25,28,31)(H2,23,26,29,32)(H2,24,27,30,33).